The number of carbonyl (C=O) groups excluding carboxylic acids is 5. The molecule has 3 rings (SSSR count). The van der Waals surface area contributed by atoms with Crippen LogP contribution < -0.4 is 10.6 Å². The quantitative estimate of drug-likeness (QED) is 0.0340. The van der Waals surface area contributed by atoms with Crippen LogP contribution in [0, 0.1) is 23.7 Å². The summed E-state index contributed by atoms with van der Waals surface area (Å²) in [6, 6.07) is 7.02. The average Bonchev–Trinajstić information content (AvgIpc) is 3.69. The Bertz CT molecular complexity index is 1760. The van der Waals surface area contributed by atoms with Gasteiger partial charge in [-0.25, -0.2) is 0 Å². The number of nitrogens with one attached hydrogen (secondary N) is 2. The molecule has 3 amide bonds. The van der Waals surface area contributed by atoms with Gasteiger partial charge in [0.15, 0.2) is 0 Å². The number of esters is 2. The first kappa shape index (κ1) is 51.7. The molecule has 1 saturated heterocycles. The van der Waals surface area contributed by atoms with E-state index >= 15 is 4.79 Å². The van der Waals surface area contributed by atoms with Crippen molar-refractivity contribution in [3.63, 3.8) is 0 Å². The second kappa shape index (κ2) is 24.9. The van der Waals surface area contributed by atoms with Gasteiger partial charge >= 0.3 is 317 Å². The van der Waals surface area contributed by atoms with Crippen LogP contribution in [0.5, 0.6) is 0 Å². The maximum atomic E-state index is 15.3. The van der Waals surface area contributed by atoms with Crippen molar-refractivity contribution in [3.8, 4) is 0 Å². The Morgan fingerprint density at radius 2 is 1.66 bits per heavy atom. The van der Waals surface area contributed by atoms with Crippen molar-refractivity contribution >= 4 is 66.8 Å². The third kappa shape index (κ3) is 15.9. The van der Waals surface area contributed by atoms with E-state index in [4.69, 9.17) is 9.47 Å². The van der Waals surface area contributed by atoms with Gasteiger partial charge in [-0.1, -0.05) is 37.3 Å². The van der Waals surface area contributed by atoms with Crippen LogP contribution in [0.15, 0.2) is 35.7 Å². The molecule has 8 atom stereocenters. The molecule has 1 aliphatic heterocycles. The molecule has 1 aliphatic rings. The monoisotopic (exact) mass is 983 g/mol. The second-order valence-corrected chi connectivity index (χ2v) is 24.0. The number of carboxylic acid groups (broad SMARTS) is 1. The zero-order chi connectivity index (χ0) is 45.6. The summed E-state index contributed by atoms with van der Waals surface area (Å²) in [4.78, 5) is 93.4. The molecule has 1 unspecified atom stereocenters. The number of likely N-dealkylation sites (N-methyl/N-ethyl adjacent to an activating group) is 1. The molecule has 3 N–H and O–H groups in total. The van der Waals surface area contributed by atoms with Crippen molar-refractivity contribution in [2.75, 3.05) is 23.5 Å². The number of nitrogens with zero attached hydrogens (tertiary/aromatic N) is 3. The molecule has 0 saturated carbocycles. The second-order valence-electron chi connectivity index (χ2n) is 17.4. The van der Waals surface area contributed by atoms with Crippen LogP contribution in [0.4, 0.5) is 0 Å². The summed E-state index contributed by atoms with van der Waals surface area (Å²) < 4.78 is 11.3. The zero-order valence-corrected chi connectivity index (χ0v) is 40.9. The molecule has 0 spiro atoms. The Hall–Kier alpha value is -3.64. The minimum atomic E-state index is -2.25. The number of alkyl halides is 3. The molecule has 14 nitrogen and oxygen atoms in total. The van der Waals surface area contributed by atoms with Crippen molar-refractivity contribution in [2.45, 2.75) is 141 Å². The number of thiazole rings is 1. The minimum absolute atomic E-state index is 0.0210. The van der Waals surface area contributed by atoms with Gasteiger partial charge in [-0.05, 0) is 5.56 Å². The summed E-state index contributed by atoms with van der Waals surface area (Å²) >= 11 is -1.11. The first-order valence-corrected chi connectivity index (χ1v) is 27.9. The van der Waals surface area contributed by atoms with E-state index in [1.165, 1.54) is 6.92 Å². The van der Waals surface area contributed by atoms with Gasteiger partial charge in [0, 0.05) is 0 Å². The number of benzene rings is 1. The molecule has 1 aromatic heterocycles. The number of amides is 3. The van der Waals surface area contributed by atoms with Crippen LogP contribution in [0.25, 0.3) is 0 Å². The van der Waals surface area contributed by atoms with Crippen molar-refractivity contribution in [1.82, 2.24) is 25.4 Å². The fourth-order valence-corrected chi connectivity index (χ4v) is 11.0. The third-order valence-corrected chi connectivity index (χ3v) is 15.1. The van der Waals surface area contributed by atoms with Crippen molar-refractivity contribution < 1.29 is 43.3 Å². The molecule has 0 radical (unpaired) electrons. The van der Waals surface area contributed by atoms with Crippen LogP contribution in [0.2, 0.25) is 0 Å². The molecule has 1 fully saturated rings. The number of hydrogen-bond acceptors (Lipinski definition) is 11. The zero-order valence-electron chi connectivity index (χ0n) is 37.9. The number of hydrogen-bond donors (Lipinski definition) is 3. The summed E-state index contributed by atoms with van der Waals surface area (Å²) in [7, 11) is 1.92. The van der Waals surface area contributed by atoms with Crippen molar-refractivity contribution in [2.24, 2.45) is 23.7 Å². The van der Waals surface area contributed by atoms with Gasteiger partial charge in [-0.2, -0.15) is 0 Å². The number of rotatable bonds is 23. The van der Waals surface area contributed by atoms with Crippen LogP contribution in [0.3, 0.4) is 0 Å². The molecule has 0 bridgehead atoms. The number of piperidine rings is 1. The average molecular weight is 984 g/mol. The van der Waals surface area contributed by atoms with Gasteiger partial charge < -0.3 is 5.11 Å². The Kier molecular flexibility index (Phi) is 21.1. The normalized spacial score (nSPS) is 18.2. The van der Waals surface area contributed by atoms with E-state index in [0.717, 1.165) is 36.3 Å². The fraction of sp³-hybridized carbons (Fsp3) is 0.667. The first-order valence-electron chi connectivity index (χ1n) is 21.4. The Labute approximate surface area is 374 Å². The summed E-state index contributed by atoms with van der Waals surface area (Å²) in [6.07, 6.45) is 3.03. The predicted octanol–water partition coefficient (Wildman–Crippen LogP) is 7.10. The first-order chi connectivity index (χ1) is 28.7. The van der Waals surface area contributed by atoms with E-state index in [0.29, 0.717) is 24.3 Å². The number of likely N-dealkylation sites (tertiary alicyclic amines) is 1. The van der Waals surface area contributed by atoms with E-state index in [9.17, 15) is 29.1 Å². The summed E-state index contributed by atoms with van der Waals surface area (Å²) in [5.74, 6) is -4.26. The van der Waals surface area contributed by atoms with Crippen LogP contribution in [-0.2, 0) is 39.9 Å². The number of ether oxygens (including phenoxy) is 2. The summed E-state index contributed by atoms with van der Waals surface area (Å²) in [5.41, 5.74) is 1.02. The number of carboxylic acids is 1. The molecule has 342 valence electrons. The van der Waals surface area contributed by atoms with Crippen LogP contribution >= 0.6 is 31.2 Å². The number of aliphatic carboxylic acids is 1. The SMILES string of the molecule is CC[C@H](C)[C@H](NC(=O)[C@H]1CCCCN1C)C(=O)N(C(OC(=O)CC(C)C)I(C)C)[C@H](C[C@@H](OC(C)=O)c1nc(C(=O)N[C@@H](Cc2ccccc2)C[C@H](C)C(=O)O)cs1)C(C)C. The third-order valence-electron chi connectivity index (χ3n) is 11.1. The summed E-state index contributed by atoms with van der Waals surface area (Å²) in [5, 5.41) is 17.7. The molecule has 16 heteroatoms. The van der Waals surface area contributed by atoms with E-state index in [1.54, 1.807) is 17.2 Å². The molecular weight excluding hydrogens is 913 g/mol. The molecule has 1 aromatic carbocycles. The van der Waals surface area contributed by atoms with E-state index in [-0.39, 0.29) is 60.6 Å². The van der Waals surface area contributed by atoms with Gasteiger partial charge in [0.05, 0.1) is 5.92 Å². The Morgan fingerprint density at radius 1 is 0.984 bits per heavy atom. The topological polar surface area (TPSA) is 185 Å². The standard InChI is InChI=1S/C45H70IN5O9S/c1-12-29(6)39(49-41(55)35-20-16-17-21-50(35)11)43(56)51(45(46(9)10)60-38(53)22-27(2)3)36(28(4)5)25-37(59-31(8)52)42-48-34(26-61-42)40(54)47-33(23-30(7)44(57)58)24-32-18-14-13-15-19-32/h13-15,18-19,26-30,33,35-37,39,45H,12,16-17,20-25H2,1-11H3,(H,47,54)(H,49,55)(H,57,58)/t29-,30-,33+,35+,36+,37+,39-,45?/m0/s1. The molecule has 0 aliphatic carbocycles. The van der Waals surface area contributed by atoms with Crippen LogP contribution in [-0.4, -0.2) is 107 Å². The van der Waals surface area contributed by atoms with Crippen LogP contribution in [0.1, 0.15) is 127 Å². The molecule has 2 heterocycles. The van der Waals surface area contributed by atoms with Gasteiger partial charge in [0.2, 0.25) is 0 Å². The molecule has 61 heavy (non-hydrogen) atoms. The van der Waals surface area contributed by atoms with Gasteiger partial charge in [0.1, 0.15) is 0 Å². The van der Waals surface area contributed by atoms with Crippen molar-refractivity contribution in [1.29, 1.82) is 0 Å². The Balaban J connectivity index is 2.07. The summed E-state index contributed by atoms with van der Waals surface area (Å²) in [6.45, 7) is 15.3. The number of halogens is 1. The molecular formula is C45H70IN5O9S. The molecule has 2 aromatic rings. The van der Waals surface area contributed by atoms with Crippen molar-refractivity contribution in [3.05, 3.63) is 52.0 Å². The van der Waals surface area contributed by atoms with Gasteiger partial charge in [-0.3, -0.25) is 4.79 Å². The van der Waals surface area contributed by atoms with E-state index < -0.39 is 78.0 Å². The van der Waals surface area contributed by atoms with E-state index in [2.05, 4.69) is 15.6 Å². The van der Waals surface area contributed by atoms with Gasteiger partial charge in [-0.15, -0.1) is 0 Å². The number of aromatic nitrogens is 1. The van der Waals surface area contributed by atoms with E-state index in [1.807, 2.05) is 93.7 Å². The predicted molar refractivity (Wildman–Crippen MR) is 246 cm³/mol. The Morgan fingerprint density at radius 3 is 2.21 bits per heavy atom. The maximum absolute atomic E-state index is 15.3. The number of carbonyl (C=O) groups is 6. The fourth-order valence-electron chi connectivity index (χ4n) is 7.50. The van der Waals surface area contributed by atoms with Gasteiger partial charge in [0.25, 0.3) is 0 Å².